The number of nitrogens with zero attached hydrogens (tertiary/aromatic N) is 1. The maximum Gasteiger partial charge on any atom is 0.341 e. The van der Waals surface area contributed by atoms with Gasteiger partial charge in [-0.15, -0.1) is 11.3 Å². The molecule has 0 atom stereocenters. The molecule has 0 saturated heterocycles. The molecule has 0 fully saturated rings. The third kappa shape index (κ3) is 4.13. The normalized spacial score (nSPS) is 13.6. The second-order valence-electron chi connectivity index (χ2n) is 6.60. The summed E-state index contributed by atoms with van der Waals surface area (Å²) in [4.78, 5) is 28.3. The number of methoxy groups -OCH3 is 3. The van der Waals surface area contributed by atoms with Crippen LogP contribution in [0.5, 0.6) is 11.5 Å². The minimum Gasteiger partial charge on any atom is -0.493 e. The first-order chi connectivity index (χ1) is 13.5. The zero-order chi connectivity index (χ0) is 20.3. The van der Waals surface area contributed by atoms with Crippen LogP contribution >= 0.6 is 11.3 Å². The first kappa shape index (κ1) is 20.2. The Labute approximate surface area is 168 Å². The van der Waals surface area contributed by atoms with Crippen LogP contribution < -0.4 is 14.8 Å². The van der Waals surface area contributed by atoms with Gasteiger partial charge in [0, 0.05) is 18.0 Å². The van der Waals surface area contributed by atoms with Crippen LogP contribution in [-0.2, 0) is 28.9 Å². The van der Waals surface area contributed by atoms with Gasteiger partial charge in [0.15, 0.2) is 11.5 Å². The highest BCUT2D eigenvalue weighted by Crippen LogP contribution is 2.37. The second-order valence-corrected chi connectivity index (χ2v) is 7.71. The maximum absolute atomic E-state index is 12.6. The summed E-state index contributed by atoms with van der Waals surface area (Å²) >= 11 is 1.44. The average molecular weight is 404 g/mol. The summed E-state index contributed by atoms with van der Waals surface area (Å²) in [5.74, 6) is 0.556. The number of amides is 1. The lowest BCUT2D eigenvalue weighted by Crippen LogP contribution is -2.26. The molecule has 3 rings (SSSR count). The summed E-state index contributed by atoms with van der Waals surface area (Å²) in [6.07, 6.45) is 0.918. The second kappa shape index (κ2) is 8.62. The molecule has 1 aliphatic heterocycles. The molecule has 2 aromatic rings. The van der Waals surface area contributed by atoms with Gasteiger partial charge in [-0.1, -0.05) is 6.07 Å². The SMILES string of the molecule is COC(=O)c1c(NC(=O)Cc2ccc(OC)c(OC)c2)sc2c1CCN(C)C2. The molecule has 0 spiro atoms. The molecule has 0 unspecified atom stereocenters. The molecule has 1 aromatic heterocycles. The van der Waals surface area contributed by atoms with Crippen LogP contribution in [-0.4, -0.2) is 51.7 Å². The zero-order valence-electron chi connectivity index (χ0n) is 16.5. The molecule has 0 aliphatic carbocycles. The highest BCUT2D eigenvalue weighted by atomic mass is 32.1. The van der Waals surface area contributed by atoms with Gasteiger partial charge in [0.2, 0.25) is 5.91 Å². The standard InChI is InChI=1S/C20H24N2O5S/c1-22-8-7-13-16(11-22)28-19(18(13)20(24)27-4)21-17(23)10-12-5-6-14(25-2)15(9-12)26-3/h5-6,9H,7-8,10-11H2,1-4H3,(H,21,23). The van der Waals surface area contributed by atoms with E-state index in [9.17, 15) is 9.59 Å². The van der Waals surface area contributed by atoms with E-state index in [1.165, 1.54) is 18.4 Å². The number of anilines is 1. The number of nitrogens with one attached hydrogen (secondary N) is 1. The van der Waals surface area contributed by atoms with Crippen LogP contribution in [0.1, 0.15) is 26.4 Å². The smallest absolute Gasteiger partial charge is 0.341 e. The van der Waals surface area contributed by atoms with Gasteiger partial charge in [-0.05, 0) is 36.7 Å². The van der Waals surface area contributed by atoms with Crippen molar-refractivity contribution in [3.05, 3.63) is 39.8 Å². The Bertz CT molecular complexity index is 893. The summed E-state index contributed by atoms with van der Waals surface area (Å²) in [7, 11) is 6.51. The van der Waals surface area contributed by atoms with E-state index in [1.54, 1.807) is 26.4 Å². The Morgan fingerprint density at radius 1 is 1.18 bits per heavy atom. The van der Waals surface area contributed by atoms with E-state index in [1.807, 2.05) is 13.1 Å². The number of fused-ring (bicyclic) bond motifs is 1. The van der Waals surface area contributed by atoms with E-state index in [2.05, 4.69) is 10.2 Å². The summed E-state index contributed by atoms with van der Waals surface area (Å²) < 4.78 is 15.5. The number of hydrogen-bond donors (Lipinski definition) is 1. The summed E-state index contributed by atoms with van der Waals surface area (Å²) in [6, 6.07) is 5.35. The van der Waals surface area contributed by atoms with Crippen molar-refractivity contribution in [2.45, 2.75) is 19.4 Å². The number of thiophene rings is 1. The average Bonchev–Trinajstić information content (AvgIpc) is 3.03. The van der Waals surface area contributed by atoms with Gasteiger partial charge in [0.05, 0.1) is 33.3 Å². The predicted octanol–water partition coefficient (Wildman–Crippen LogP) is 2.72. The number of likely N-dealkylation sites (N-methyl/N-ethyl adjacent to an activating group) is 1. The van der Waals surface area contributed by atoms with Crippen molar-refractivity contribution in [1.29, 1.82) is 0 Å². The molecule has 1 aliphatic rings. The summed E-state index contributed by atoms with van der Waals surface area (Å²) in [6.45, 7) is 1.63. The van der Waals surface area contributed by atoms with Gasteiger partial charge in [0.25, 0.3) is 0 Å². The molecule has 1 aromatic carbocycles. The maximum atomic E-state index is 12.6. The number of carbonyl (C=O) groups is 2. The van der Waals surface area contributed by atoms with Crippen molar-refractivity contribution in [2.75, 3.05) is 40.2 Å². The van der Waals surface area contributed by atoms with Gasteiger partial charge >= 0.3 is 5.97 Å². The fraction of sp³-hybridized carbons (Fsp3) is 0.400. The Balaban J connectivity index is 1.81. The van der Waals surface area contributed by atoms with Crippen molar-refractivity contribution >= 4 is 28.2 Å². The molecule has 28 heavy (non-hydrogen) atoms. The number of benzene rings is 1. The third-order valence-corrected chi connectivity index (χ3v) is 5.84. The lowest BCUT2D eigenvalue weighted by atomic mass is 10.0. The molecular weight excluding hydrogens is 380 g/mol. The third-order valence-electron chi connectivity index (χ3n) is 4.70. The highest BCUT2D eigenvalue weighted by Gasteiger charge is 2.28. The van der Waals surface area contributed by atoms with Crippen molar-refractivity contribution in [3.63, 3.8) is 0 Å². The lowest BCUT2D eigenvalue weighted by molar-refractivity contribution is -0.115. The van der Waals surface area contributed by atoms with E-state index in [-0.39, 0.29) is 12.3 Å². The first-order valence-electron chi connectivity index (χ1n) is 8.89. The van der Waals surface area contributed by atoms with Crippen LogP contribution in [0.3, 0.4) is 0 Å². The minimum atomic E-state index is -0.413. The van der Waals surface area contributed by atoms with E-state index >= 15 is 0 Å². The van der Waals surface area contributed by atoms with Gasteiger partial charge in [0.1, 0.15) is 5.00 Å². The van der Waals surface area contributed by atoms with Gasteiger partial charge in [-0.3, -0.25) is 4.79 Å². The fourth-order valence-corrected chi connectivity index (χ4v) is 4.62. The fourth-order valence-electron chi connectivity index (χ4n) is 3.28. The minimum absolute atomic E-state index is 0.156. The Kier molecular flexibility index (Phi) is 6.21. The van der Waals surface area contributed by atoms with Crippen LogP contribution in [0.15, 0.2) is 18.2 Å². The van der Waals surface area contributed by atoms with E-state index in [4.69, 9.17) is 14.2 Å². The molecule has 0 saturated carbocycles. The Morgan fingerprint density at radius 3 is 2.61 bits per heavy atom. The Morgan fingerprint density at radius 2 is 1.93 bits per heavy atom. The molecule has 0 radical (unpaired) electrons. The molecule has 1 amide bonds. The largest absolute Gasteiger partial charge is 0.493 e. The van der Waals surface area contributed by atoms with Gasteiger partial charge in [-0.2, -0.15) is 0 Å². The molecule has 7 nitrogen and oxygen atoms in total. The molecule has 1 N–H and O–H groups in total. The quantitative estimate of drug-likeness (QED) is 0.746. The van der Waals surface area contributed by atoms with Crippen molar-refractivity contribution in [3.8, 4) is 11.5 Å². The topological polar surface area (TPSA) is 77.1 Å². The number of rotatable bonds is 6. The summed E-state index contributed by atoms with van der Waals surface area (Å²) in [5.41, 5.74) is 2.25. The van der Waals surface area contributed by atoms with Crippen LogP contribution in [0.2, 0.25) is 0 Å². The molecule has 150 valence electrons. The van der Waals surface area contributed by atoms with E-state index in [0.717, 1.165) is 35.5 Å². The Hall–Kier alpha value is -2.58. The molecule has 2 heterocycles. The zero-order valence-corrected chi connectivity index (χ0v) is 17.3. The first-order valence-corrected chi connectivity index (χ1v) is 9.70. The van der Waals surface area contributed by atoms with Crippen molar-refractivity contribution < 1.29 is 23.8 Å². The van der Waals surface area contributed by atoms with Crippen LogP contribution in [0.25, 0.3) is 0 Å². The lowest BCUT2D eigenvalue weighted by Gasteiger charge is -2.22. The monoisotopic (exact) mass is 404 g/mol. The summed E-state index contributed by atoms with van der Waals surface area (Å²) in [5, 5.41) is 3.45. The van der Waals surface area contributed by atoms with Gasteiger partial charge in [-0.25, -0.2) is 4.79 Å². The van der Waals surface area contributed by atoms with E-state index < -0.39 is 5.97 Å². The molecule has 0 bridgehead atoms. The molecular formula is C20H24N2O5S. The number of esters is 1. The highest BCUT2D eigenvalue weighted by molar-refractivity contribution is 7.17. The van der Waals surface area contributed by atoms with Gasteiger partial charge < -0.3 is 24.4 Å². The van der Waals surface area contributed by atoms with Crippen LogP contribution in [0.4, 0.5) is 5.00 Å². The predicted molar refractivity (Wildman–Crippen MR) is 108 cm³/mol. The number of hydrogen-bond acceptors (Lipinski definition) is 7. The molecule has 8 heteroatoms. The van der Waals surface area contributed by atoms with Crippen molar-refractivity contribution in [2.24, 2.45) is 0 Å². The number of ether oxygens (including phenoxy) is 3. The van der Waals surface area contributed by atoms with Crippen LogP contribution in [0, 0.1) is 0 Å². The number of carbonyl (C=O) groups excluding carboxylic acids is 2. The van der Waals surface area contributed by atoms with Crippen molar-refractivity contribution in [1.82, 2.24) is 4.90 Å². The van der Waals surface area contributed by atoms with E-state index in [0.29, 0.717) is 22.1 Å².